The number of nitrogens with zero attached hydrogens (tertiary/aromatic N) is 3. The van der Waals surface area contributed by atoms with Gasteiger partial charge in [-0.05, 0) is 24.8 Å². The third-order valence-corrected chi connectivity index (χ3v) is 6.46. The van der Waals surface area contributed by atoms with Crippen molar-refractivity contribution in [2.45, 2.75) is 18.4 Å². The Labute approximate surface area is 137 Å². The minimum Gasteiger partial charge on any atom is -0.478 e. The monoisotopic (exact) mass is 341 g/mol. The Bertz CT molecular complexity index is 629. The van der Waals surface area contributed by atoms with Gasteiger partial charge in [-0.1, -0.05) is 6.07 Å². The van der Waals surface area contributed by atoms with Crippen LogP contribution in [0.25, 0.3) is 0 Å². The Morgan fingerprint density at radius 2 is 2.22 bits per heavy atom. The highest BCUT2D eigenvalue weighted by molar-refractivity contribution is 7.86. The second kappa shape index (κ2) is 6.35. The lowest BCUT2D eigenvalue weighted by atomic mass is 9.80. The molecule has 1 unspecified atom stereocenters. The van der Waals surface area contributed by atoms with Crippen LogP contribution in [0.3, 0.4) is 0 Å². The summed E-state index contributed by atoms with van der Waals surface area (Å²) in [4.78, 5) is 4.13. The van der Waals surface area contributed by atoms with E-state index < -0.39 is 10.2 Å². The third kappa shape index (κ3) is 3.21. The predicted molar refractivity (Wildman–Crippen MR) is 85.3 cm³/mol. The molecule has 0 bridgehead atoms. The van der Waals surface area contributed by atoms with Gasteiger partial charge in [-0.15, -0.1) is 0 Å². The SMILES string of the molecule is CN(C)S(=O)(=O)N1CC2(C1)OCCC2CCOc1ccccn1. The first-order chi connectivity index (χ1) is 10.9. The summed E-state index contributed by atoms with van der Waals surface area (Å²) < 4.78 is 38.5. The highest BCUT2D eigenvalue weighted by atomic mass is 32.2. The standard InChI is InChI=1S/C15H23N3O4S/c1-17(2)23(19,20)18-11-15(12-18)13(7-10-22-15)6-9-21-14-5-3-4-8-16-14/h3-5,8,13H,6-7,9-12H2,1-2H3. The maximum atomic E-state index is 12.1. The maximum absolute atomic E-state index is 12.1. The highest BCUT2D eigenvalue weighted by Gasteiger charge is 2.56. The molecule has 0 aliphatic carbocycles. The molecular formula is C15H23N3O4S. The highest BCUT2D eigenvalue weighted by Crippen LogP contribution is 2.42. The molecule has 0 radical (unpaired) electrons. The molecule has 2 aliphatic rings. The van der Waals surface area contributed by atoms with E-state index in [1.807, 2.05) is 18.2 Å². The van der Waals surface area contributed by atoms with Gasteiger partial charge in [0, 0.05) is 46.1 Å². The largest absolute Gasteiger partial charge is 0.478 e. The normalized spacial score (nSPS) is 24.0. The van der Waals surface area contributed by atoms with E-state index in [-0.39, 0.29) is 5.60 Å². The molecule has 128 valence electrons. The van der Waals surface area contributed by atoms with Crippen molar-refractivity contribution < 1.29 is 17.9 Å². The summed E-state index contributed by atoms with van der Waals surface area (Å²) in [5, 5.41) is 0. The molecule has 0 aromatic carbocycles. The quantitative estimate of drug-likeness (QED) is 0.763. The molecule has 0 N–H and O–H groups in total. The zero-order valence-corrected chi connectivity index (χ0v) is 14.3. The zero-order chi connectivity index (χ0) is 16.5. The summed E-state index contributed by atoms with van der Waals surface area (Å²) in [5.74, 6) is 0.936. The van der Waals surface area contributed by atoms with Crippen molar-refractivity contribution in [3.8, 4) is 5.88 Å². The Morgan fingerprint density at radius 1 is 1.43 bits per heavy atom. The zero-order valence-electron chi connectivity index (χ0n) is 13.5. The second-order valence-electron chi connectivity index (χ2n) is 6.26. The van der Waals surface area contributed by atoms with E-state index in [0.717, 1.165) is 12.8 Å². The number of aromatic nitrogens is 1. The molecule has 2 fully saturated rings. The van der Waals surface area contributed by atoms with E-state index in [4.69, 9.17) is 9.47 Å². The van der Waals surface area contributed by atoms with Gasteiger partial charge in [-0.2, -0.15) is 17.0 Å². The van der Waals surface area contributed by atoms with Gasteiger partial charge >= 0.3 is 0 Å². The molecule has 0 amide bonds. The van der Waals surface area contributed by atoms with Gasteiger partial charge in [0.15, 0.2) is 0 Å². The van der Waals surface area contributed by atoms with Crippen molar-refractivity contribution in [1.29, 1.82) is 0 Å². The van der Waals surface area contributed by atoms with Crippen molar-refractivity contribution in [3.05, 3.63) is 24.4 Å². The number of ether oxygens (including phenoxy) is 2. The molecule has 23 heavy (non-hydrogen) atoms. The van der Waals surface area contributed by atoms with Gasteiger partial charge in [-0.25, -0.2) is 4.98 Å². The Morgan fingerprint density at radius 3 is 2.87 bits per heavy atom. The van der Waals surface area contributed by atoms with Crippen molar-refractivity contribution in [3.63, 3.8) is 0 Å². The minimum atomic E-state index is -3.35. The summed E-state index contributed by atoms with van der Waals surface area (Å²) >= 11 is 0. The molecule has 2 aliphatic heterocycles. The number of rotatable bonds is 6. The molecule has 3 rings (SSSR count). The first-order valence-corrected chi connectivity index (χ1v) is 9.19. The number of hydrogen-bond donors (Lipinski definition) is 0. The Hall–Kier alpha value is -1.22. The van der Waals surface area contributed by atoms with Crippen LogP contribution < -0.4 is 4.74 Å². The fraction of sp³-hybridized carbons (Fsp3) is 0.667. The average Bonchev–Trinajstić information content (AvgIpc) is 2.90. The van der Waals surface area contributed by atoms with Crippen molar-refractivity contribution in [2.24, 2.45) is 5.92 Å². The van der Waals surface area contributed by atoms with Crippen molar-refractivity contribution in [1.82, 2.24) is 13.6 Å². The summed E-state index contributed by atoms with van der Waals surface area (Å²) in [7, 11) is -0.246. The molecule has 1 aromatic rings. The molecule has 1 spiro atoms. The number of hydrogen-bond acceptors (Lipinski definition) is 5. The molecule has 8 heteroatoms. The molecule has 7 nitrogen and oxygen atoms in total. The lowest BCUT2D eigenvalue weighted by molar-refractivity contribution is -0.105. The van der Waals surface area contributed by atoms with Crippen molar-refractivity contribution >= 4 is 10.2 Å². The van der Waals surface area contributed by atoms with E-state index in [1.165, 1.54) is 8.61 Å². The van der Waals surface area contributed by atoms with Crippen LogP contribution >= 0.6 is 0 Å². The van der Waals surface area contributed by atoms with Crippen LogP contribution in [0.1, 0.15) is 12.8 Å². The van der Waals surface area contributed by atoms with Gasteiger partial charge in [0.05, 0.1) is 12.2 Å². The first kappa shape index (κ1) is 16.6. The fourth-order valence-electron chi connectivity index (χ4n) is 3.23. The van der Waals surface area contributed by atoms with Gasteiger partial charge < -0.3 is 9.47 Å². The van der Waals surface area contributed by atoms with Gasteiger partial charge in [0.2, 0.25) is 5.88 Å². The summed E-state index contributed by atoms with van der Waals surface area (Å²) in [5.41, 5.74) is -0.337. The summed E-state index contributed by atoms with van der Waals surface area (Å²) in [6.45, 7) is 2.11. The van der Waals surface area contributed by atoms with Crippen LogP contribution in [0.5, 0.6) is 5.88 Å². The van der Waals surface area contributed by atoms with Crippen molar-refractivity contribution in [2.75, 3.05) is 40.4 Å². The Balaban J connectivity index is 1.53. The lowest BCUT2D eigenvalue weighted by Crippen LogP contribution is -2.67. The topological polar surface area (TPSA) is 72.0 Å². The summed E-state index contributed by atoms with van der Waals surface area (Å²) in [6, 6.07) is 5.56. The van der Waals surface area contributed by atoms with Crippen LogP contribution in [0.2, 0.25) is 0 Å². The van der Waals surface area contributed by atoms with Gasteiger partial charge in [0.1, 0.15) is 0 Å². The molecular weight excluding hydrogens is 318 g/mol. The average molecular weight is 341 g/mol. The Kier molecular flexibility index (Phi) is 4.59. The molecule has 1 aromatic heterocycles. The maximum Gasteiger partial charge on any atom is 0.281 e. The second-order valence-corrected chi connectivity index (χ2v) is 8.40. The third-order valence-electron chi connectivity index (χ3n) is 4.63. The van der Waals surface area contributed by atoms with Gasteiger partial charge in [0.25, 0.3) is 10.2 Å². The smallest absolute Gasteiger partial charge is 0.281 e. The van der Waals surface area contributed by atoms with E-state index in [1.54, 1.807) is 20.3 Å². The van der Waals surface area contributed by atoms with Crippen LogP contribution in [0, 0.1) is 5.92 Å². The summed E-state index contributed by atoms with van der Waals surface area (Å²) in [6.07, 6.45) is 3.49. The number of pyridine rings is 1. The molecule has 1 atom stereocenters. The first-order valence-electron chi connectivity index (χ1n) is 7.79. The van der Waals surface area contributed by atoms with E-state index in [2.05, 4.69) is 4.98 Å². The molecule has 3 heterocycles. The van der Waals surface area contributed by atoms with Crippen LogP contribution in [0.4, 0.5) is 0 Å². The molecule has 0 saturated carbocycles. The predicted octanol–water partition coefficient (Wildman–Crippen LogP) is 0.748. The van der Waals surface area contributed by atoms with E-state index >= 15 is 0 Å². The van der Waals surface area contributed by atoms with E-state index in [9.17, 15) is 8.42 Å². The van der Waals surface area contributed by atoms with E-state index in [0.29, 0.717) is 38.1 Å². The van der Waals surface area contributed by atoms with Crippen LogP contribution in [0.15, 0.2) is 24.4 Å². The lowest BCUT2D eigenvalue weighted by Gasteiger charge is -2.49. The van der Waals surface area contributed by atoms with Crippen LogP contribution in [-0.4, -0.2) is 68.0 Å². The van der Waals surface area contributed by atoms with Crippen LogP contribution in [-0.2, 0) is 14.9 Å². The van der Waals surface area contributed by atoms with Gasteiger partial charge in [-0.3, -0.25) is 0 Å². The fourth-order valence-corrected chi connectivity index (χ4v) is 4.45. The molecule has 2 saturated heterocycles. The minimum absolute atomic E-state index is 0.319.